The van der Waals surface area contributed by atoms with Gasteiger partial charge in [-0.1, -0.05) is 11.6 Å². The lowest BCUT2D eigenvalue weighted by Crippen LogP contribution is -2.20. The van der Waals surface area contributed by atoms with Crippen molar-refractivity contribution in [3.05, 3.63) is 28.8 Å². The Morgan fingerprint density at radius 1 is 1.64 bits per heavy atom. The van der Waals surface area contributed by atoms with Crippen LogP contribution in [-0.2, 0) is 6.42 Å². The van der Waals surface area contributed by atoms with Crippen molar-refractivity contribution in [3.63, 3.8) is 0 Å². The van der Waals surface area contributed by atoms with Crippen LogP contribution < -0.4 is 5.32 Å². The zero-order valence-corrected chi connectivity index (χ0v) is 8.88. The topological polar surface area (TPSA) is 32.3 Å². The van der Waals surface area contributed by atoms with Gasteiger partial charge in [0.1, 0.15) is 0 Å². The van der Waals surface area contributed by atoms with Crippen molar-refractivity contribution < 1.29 is 5.11 Å². The number of nitrogens with one attached hydrogen (secondary N) is 1. The van der Waals surface area contributed by atoms with Crippen LogP contribution in [0.25, 0.3) is 0 Å². The maximum absolute atomic E-state index is 9.28. The Balaban J connectivity index is 2.10. The van der Waals surface area contributed by atoms with Crippen molar-refractivity contribution in [1.29, 1.82) is 0 Å². The molecule has 0 saturated carbocycles. The number of anilines is 1. The molecule has 2 unspecified atom stereocenters. The fraction of sp³-hybridized carbons (Fsp3) is 0.455. The minimum atomic E-state index is -0.253. The van der Waals surface area contributed by atoms with Crippen LogP contribution in [0.2, 0.25) is 5.02 Å². The smallest absolute Gasteiger partial charge is 0.0531 e. The summed E-state index contributed by atoms with van der Waals surface area (Å²) in [5, 5.41) is 13.4. The van der Waals surface area contributed by atoms with Gasteiger partial charge in [-0.15, -0.1) is 0 Å². The van der Waals surface area contributed by atoms with Crippen LogP contribution in [0.3, 0.4) is 0 Å². The molecule has 0 bridgehead atoms. The van der Waals surface area contributed by atoms with E-state index in [1.54, 1.807) is 0 Å². The van der Waals surface area contributed by atoms with E-state index in [1.165, 1.54) is 5.56 Å². The van der Waals surface area contributed by atoms with E-state index in [1.807, 2.05) is 25.1 Å². The summed E-state index contributed by atoms with van der Waals surface area (Å²) in [6, 6.07) is 6.23. The lowest BCUT2D eigenvalue weighted by Gasteiger charge is -2.12. The molecule has 0 amide bonds. The Bertz CT molecular complexity index is 338. The second kappa shape index (κ2) is 3.79. The molecule has 0 spiro atoms. The first-order valence-electron chi connectivity index (χ1n) is 4.88. The second-order valence-electron chi connectivity index (χ2n) is 3.93. The molecule has 0 aromatic heterocycles. The summed E-state index contributed by atoms with van der Waals surface area (Å²) in [4.78, 5) is 0. The Morgan fingerprint density at radius 2 is 2.43 bits per heavy atom. The third-order valence-corrected chi connectivity index (χ3v) is 2.75. The molecule has 1 aliphatic rings. The van der Waals surface area contributed by atoms with Crippen molar-refractivity contribution in [2.24, 2.45) is 0 Å². The summed E-state index contributed by atoms with van der Waals surface area (Å²) in [6.07, 6.45) is 1.49. The maximum atomic E-state index is 9.28. The van der Waals surface area contributed by atoms with E-state index in [9.17, 15) is 5.11 Å². The van der Waals surface area contributed by atoms with Crippen molar-refractivity contribution in [2.45, 2.75) is 31.9 Å². The minimum absolute atomic E-state index is 0.253. The summed E-state index contributed by atoms with van der Waals surface area (Å²) >= 11 is 5.90. The van der Waals surface area contributed by atoms with Crippen LogP contribution in [-0.4, -0.2) is 17.3 Å². The predicted molar refractivity (Wildman–Crippen MR) is 58.9 cm³/mol. The molecule has 2 rings (SSSR count). The van der Waals surface area contributed by atoms with E-state index in [4.69, 9.17) is 11.6 Å². The highest BCUT2D eigenvalue weighted by Gasteiger charge is 2.21. The van der Waals surface area contributed by atoms with Gasteiger partial charge in [0, 0.05) is 16.8 Å². The van der Waals surface area contributed by atoms with E-state index in [2.05, 4.69) is 5.32 Å². The largest absolute Gasteiger partial charge is 0.393 e. The van der Waals surface area contributed by atoms with Crippen molar-refractivity contribution >= 4 is 17.3 Å². The number of rotatable bonds is 2. The van der Waals surface area contributed by atoms with Gasteiger partial charge in [-0.05, 0) is 43.5 Å². The van der Waals surface area contributed by atoms with Crippen LogP contribution in [0.1, 0.15) is 18.9 Å². The molecule has 0 saturated heterocycles. The molecular weight excluding hydrogens is 198 g/mol. The summed E-state index contributed by atoms with van der Waals surface area (Å²) < 4.78 is 0. The first-order chi connectivity index (χ1) is 6.65. The molecule has 0 radical (unpaired) electrons. The Hall–Kier alpha value is -0.730. The summed E-state index contributed by atoms with van der Waals surface area (Å²) in [6.45, 7) is 1.82. The standard InChI is InChI=1S/C11H14ClNO/c1-7(14)4-10-6-8-5-9(12)2-3-11(8)13-10/h2-3,5,7,10,13-14H,4,6H2,1H3. The third kappa shape index (κ3) is 2.02. The van der Waals surface area contributed by atoms with Gasteiger partial charge >= 0.3 is 0 Å². The predicted octanol–water partition coefficient (Wildman–Crippen LogP) is 2.45. The molecule has 0 aliphatic carbocycles. The zero-order chi connectivity index (χ0) is 10.1. The highest BCUT2D eigenvalue weighted by atomic mass is 35.5. The first kappa shape index (κ1) is 9.81. The number of hydrogen-bond donors (Lipinski definition) is 2. The summed E-state index contributed by atoms with van der Waals surface area (Å²) in [5.74, 6) is 0. The molecular formula is C11H14ClNO. The quantitative estimate of drug-likeness (QED) is 0.788. The van der Waals surface area contributed by atoms with Gasteiger partial charge in [0.15, 0.2) is 0 Å². The highest BCUT2D eigenvalue weighted by molar-refractivity contribution is 6.30. The van der Waals surface area contributed by atoms with E-state index in [0.29, 0.717) is 6.04 Å². The molecule has 2 N–H and O–H groups in total. The van der Waals surface area contributed by atoms with E-state index in [-0.39, 0.29) is 6.10 Å². The summed E-state index contributed by atoms with van der Waals surface area (Å²) in [5.41, 5.74) is 2.41. The van der Waals surface area contributed by atoms with E-state index < -0.39 is 0 Å². The molecule has 3 heteroatoms. The van der Waals surface area contributed by atoms with Gasteiger partial charge in [0.2, 0.25) is 0 Å². The van der Waals surface area contributed by atoms with Crippen LogP contribution in [0.15, 0.2) is 18.2 Å². The van der Waals surface area contributed by atoms with Crippen molar-refractivity contribution in [1.82, 2.24) is 0 Å². The number of aliphatic hydroxyl groups is 1. The molecule has 14 heavy (non-hydrogen) atoms. The van der Waals surface area contributed by atoms with Gasteiger partial charge in [0.05, 0.1) is 6.10 Å². The molecule has 1 aromatic rings. The number of hydrogen-bond acceptors (Lipinski definition) is 2. The molecule has 76 valence electrons. The van der Waals surface area contributed by atoms with Crippen LogP contribution in [0.5, 0.6) is 0 Å². The van der Waals surface area contributed by atoms with Gasteiger partial charge in [-0.2, -0.15) is 0 Å². The lowest BCUT2D eigenvalue weighted by atomic mass is 10.1. The SMILES string of the molecule is CC(O)CC1Cc2cc(Cl)ccc2N1. The van der Waals surface area contributed by atoms with E-state index >= 15 is 0 Å². The molecule has 0 fully saturated rings. The Morgan fingerprint density at radius 3 is 3.14 bits per heavy atom. The van der Waals surface area contributed by atoms with Crippen LogP contribution in [0, 0.1) is 0 Å². The average Bonchev–Trinajstić information content (AvgIpc) is 2.44. The number of aliphatic hydroxyl groups excluding tert-OH is 1. The molecule has 1 aromatic carbocycles. The molecule has 2 nitrogen and oxygen atoms in total. The lowest BCUT2D eigenvalue weighted by molar-refractivity contribution is 0.178. The zero-order valence-electron chi connectivity index (χ0n) is 8.13. The Kier molecular flexibility index (Phi) is 2.66. The first-order valence-corrected chi connectivity index (χ1v) is 5.26. The maximum Gasteiger partial charge on any atom is 0.0531 e. The molecule has 2 atom stereocenters. The highest BCUT2D eigenvalue weighted by Crippen LogP contribution is 2.29. The molecule has 1 heterocycles. The third-order valence-electron chi connectivity index (χ3n) is 2.52. The van der Waals surface area contributed by atoms with Crippen molar-refractivity contribution in [3.8, 4) is 0 Å². The number of benzene rings is 1. The summed E-state index contributed by atoms with van der Waals surface area (Å²) in [7, 11) is 0. The van der Waals surface area contributed by atoms with Gasteiger partial charge in [-0.25, -0.2) is 0 Å². The van der Waals surface area contributed by atoms with Gasteiger partial charge in [-0.3, -0.25) is 0 Å². The van der Waals surface area contributed by atoms with E-state index in [0.717, 1.165) is 23.6 Å². The second-order valence-corrected chi connectivity index (χ2v) is 4.37. The normalized spacial score (nSPS) is 21.5. The number of fused-ring (bicyclic) bond motifs is 1. The fourth-order valence-corrected chi connectivity index (χ4v) is 2.16. The minimum Gasteiger partial charge on any atom is -0.393 e. The monoisotopic (exact) mass is 211 g/mol. The van der Waals surface area contributed by atoms with Crippen molar-refractivity contribution in [2.75, 3.05) is 5.32 Å². The fourth-order valence-electron chi connectivity index (χ4n) is 1.96. The molecule has 1 aliphatic heterocycles. The number of halogens is 1. The average molecular weight is 212 g/mol. The van der Waals surface area contributed by atoms with Gasteiger partial charge < -0.3 is 10.4 Å². The Labute approximate surface area is 88.9 Å². The van der Waals surface area contributed by atoms with Crippen LogP contribution in [0.4, 0.5) is 5.69 Å². The van der Waals surface area contributed by atoms with Crippen LogP contribution >= 0.6 is 11.6 Å². The van der Waals surface area contributed by atoms with Gasteiger partial charge in [0.25, 0.3) is 0 Å².